The zero-order valence-corrected chi connectivity index (χ0v) is 65.0. The number of fused-ring (bicyclic) bond motifs is 3. The summed E-state index contributed by atoms with van der Waals surface area (Å²) < 4.78 is 128. The van der Waals surface area contributed by atoms with Gasteiger partial charge >= 0.3 is 80.6 Å². The van der Waals surface area contributed by atoms with Gasteiger partial charge in [0, 0.05) is 32.5 Å². The van der Waals surface area contributed by atoms with Crippen LogP contribution in [-0.2, 0) is 34.8 Å². The first-order chi connectivity index (χ1) is 49.6. The number of carbonyl (C=O) groups is 3. The van der Waals surface area contributed by atoms with Gasteiger partial charge in [-0.15, -0.1) is 34.0 Å². The minimum Gasteiger partial charge on any atom is -0.449 e. The van der Waals surface area contributed by atoms with Crippen LogP contribution in [0.5, 0.6) is 0 Å². The van der Waals surface area contributed by atoms with Gasteiger partial charge in [-0.05, 0) is 146 Å². The SMILES string of the molecule is CCOC(=O)NS(=O)(=O)c1ccc(Cl)s1.CNc1cc2[nH]c(=O)n(-c3ccc(N)cc3)c(=O)c2cc1F.CNc1cc2[nH]c(=O)n(-c3ccc(NC(=O)NS(=O)(=O)c4ccc(Cl)s4)cc3)c(=O)c2cc1F.CNc1cc2[nH]c(=O)n(-c3ccc(NC(=O)[N-]S(=O)(=O)c4ccc(Cl)s4)cc3)c(=O)c2cc1F.[K+]. The minimum absolute atomic E-state index is 0. The smallest absolute Gasteiger partial charge is 0.449 e. The Kier molecular flexibility index (Phi) is 26.9. The number of aromatic amines is 3. The molecule has 0 aliphatic carbocycles. The first-order valence-electron chi connectivity index (χ1n) is 29.3. The maximum absolute atomic E-state index is 14.1. The van der Waals surface area contributed by atoms with Gasteiger partial charge in [0.05, 0.1) is 86.4 Å². The van der Waals surface area contributed by atoms with E-state index in [0.29, 0.717) is 15.7 Å². The van der Waals surface area contributed by atoms with Crippen LogP contribution in [0.1, 0.15) is 6.92 Å². The van der Waals surface area contributed by atoms with E-state index in [1.165, 1.54) is 117 Å². The fourth-order valence-corrected chi connectivity index (χ4v) is 16.3. The fourth-order valence-electron chi connectivity index (χ4n) is 9.27. The molecule has 0 fully saturated rings. The normalized spacial score (nSPS) is 11.1. The molecule has 0 aliphatic heterocycles. The number of rotatable bonds is 15. The number of nitrogen functional groups attached to an aromatic ring is 1. The van der Waals surface area contributed by atoms with Crippen LogP contribution in [0.4, 0.5) is 61.7 Å². The van der Waals surface area contributed by atoms with Gasteiger partial charge in [0.25, 0.3) is 36.7 Å². The van der Waals surface area contributed by atoms with Crippen molar-refractivity contribution >= 4 is 184 Å². The number of H-pyrrole nitrogens is 3. The Morgan fingerprint density at radius 2 is 0.821 bits per heavy atom. The molecule has 6 aromatic heterocycles. The molecule has 0 bridgehead atoms. The molecule has 0 radical (unpaired) electrons. The van der Waals surface area contributed by atoms with E-state index in [1.807, 2.05) is 4.72 Å². The first kappa shape index (κ1) is 82.1. The van der Waals surface area contributed by atoms with E-state index in [1.54, 1.807) is 43.0 Å². The van der Waals surface area contributed by atoms with Gasteiger partial charge in [-0.3, -0.25) is 19.2 Å². The summed E-state index contributed by atoms with van der Waals surface area (Å²) in [5, 5.41) is 12.6. The van der Waals surface area contributed by atoms with E-state index >= 15 is 0 Å². The van der Waals surface area contributed by atoms with Crippen LogP contribution in [0, 0.1) is 17.5 Å². The van der Waals surface area contributed by atoms with Crippen molar-refractivity contribution in [3.8, 4) is 17.1 Å². The standard InChI is InChI=1S/2C20H15ClFN5O5S2.C15H13FN4O2.C7H8ClNO4S2.K/c2*1-23-15-9-14-12(8-13(15)22)18(28)27(20(30)25-14)11-4-2-10(3-5-11)24-19(29)26-34(31,32)17-7-6-16(21)33-17;1-18-13-7-12-10(6-11(13)16)14(21)20(15(22)19-12)9-4-2-8(17)3-5-9;1-2-13-7(10)9-15(11,12)6-4-3-5(8)14-6;/h2-9H,1H3,(H4,23,24,25,26,28,29,30);2-9,23H,1H3,(H,25,30)(H2,24,26,29);2-7,18H,17H2,1H3,(H,19,22);3-4H,2H2,1H3,(H,9,10);/q;;;;+1/p-1. The van der Waals surface area contributed by atoms with Crippen molar-refractivity contribution in [1.29, 1.82) is 0 Å². The summed E-state index contributed by atoms with van der Waals surface area (Å²) in [6.07, 6.45) is -0.998. The molecule has 0 unspecified atom stereocenters. The Bertz CT molecular complexity index is 5890. The molecule has 106 heavy (non-hydrogen) atoms. The number of ether oxygens (including phenoxy) is 1. The second kappa shape index (κ2) is 34.8. The number of anilines is 6. The Labute approximate surface area is 664 Å². The second-order valence-electron chi connectivity index (χ2n) is 20.8. The van der Waals surface area contributed by atoms with Crippen molar-refractivity contribution in [2.75, 3.05) is 60.1 Å². The van der Waals surface area contributed by atoms with Crippen molar-refractivity contribution in [3.63, 3.8) is 0 Å². The number of amides is 5. The van der Waals surface area contributed by atoms with Gasteiger partial charge in [-0.25, -0.2) is 85.5 Å². The van der Waals surface area contributed by atoms with Crippen molar-refractivity contribution in [1.82, 2.24) is 38.1 Å². The zero-order chi connectivity index (χ0) is 76.6. The van der Waals surface area contributed by atoms with Gasteiger partial charge in [-0.2, -0.15) is 0 Å². The van der Waals surface area contributed by atoms with Gasteiger partial charge in [0.15, 0.2) is 6.03 Å². The fraction of sp³-hybridized carbons (Fsp3) is 0.0806. The maximum Gasteiger partial charge on any atom is 1.00 e. The summed E-state index contributed by atoms with van der Waals surface area (Å²) in [4.78, 5) is 118. The Morgan fingerprint density at radius 3 is 1.15 bits per heavy atom. The van der Waals surface area contributed by atoms with Crippen LogP contribution >= 0.6 is 68.8 Å². The van der Waals surface area contributed by atoms with Crippen LogP contribution in [0.2, 0.25) is 13.0 Å². The quantitative estimate of drug-likeness (QED) is 0.0356. The van der Waals surface area contributed by atoms with Crippen LogP contribution in [0.3, 0.4) is 0 Å². The topological polar surface area (TPSA) is 452 Å². The minimum atomic E-state index is -4.23. The summed E-state index contributed by atoms with van der Waals surface area (Å²) in [6.45, 7) is 1.68. The van der Waals surface area contributed by atoms with Crippen LogP contribution in [-0.4, -0.2) is 99.8 Å². The van der Waals surface area contributed by atoms with Crippen molar-refractivity contribution < 1.29 is 109 Å². The third kappa shape index (κ3) is 19.5. The molecule has 0 saturated carbocycles. The monoisotopic (exact) mass is 1650 g/mol. The van der Waals surface area contributed by atoms with E-state index in [-0.39, 0.29) is 152 Å². The molecule has 12 N–H and O–H groups in total. The largest absolute Gasteiger partial charge is 1.00 e. The molecule has 5 amide bonds. The van der Waals surface area contributed by atoms with Crippen molar-refractivity contribution in [2.45, 2.75) is 19.6 Å². The van der Waals surface area contributed by atoms with Crippen LogP contribution in [0.15, 0.2) is 187 Å². The molecule has 6 heterocycles. The number of halogens is 6. The predicted octanol–water partition coefficient (Wildman–Crippen LogP) is 7.24. The molecular formula is C62H50Cl3F3KN15O16S6. The number of thiophene rings is 3. The number of benzene rings is 6. The Morgan fingerprint density at radius 1 is 0.491 bits per heavy atom. The summed E-state index contributed by atoms with van der Waals surface area (Å²) in [6, 6.07) is 30.1. The molecule has 12 rings (SSSR count). The molecule has 0 aliphatic rings. The summed E-state index contributed by atoms with van der Waals surface area (Å²) in [5.41, 5.74) is 3.99. The number of nitrogens with one attached hydrogen (secondary N) is 10. The molecule has 0 atom stereocenters. The van der Waals surface area contributed by atoms with Crippen LogP contribution < -0.4 is 127 Å². The number of aromatic nitrogens is 6. The van der Waals surface area contributed by atoms with E-state index in [9.17, 15) is 81.6 Å². The number of urea groups is 2. The van der Waals surface area contributed by atoms with E-state index < -0.39 is 99.4 Å². The second-order valence-corrected chi connectivity index (χ2v) is 31.6. The van der Waals surface area contributed by atoms with Crippen molar-refractivity contribution in [3.05, 3.63) is 243 Å². The molecule has 548 valence electrons. The number of nitrogens with two attached hydrogens (primary N) is 1. The van der Waals surface area contributed by atoms with Gasteiger partial charge < -0.3 is 56.7 Å². The average Bonchev–Trinajstić information content (AvgIpc) is 1.02. The van der Waals surface area contributed by atoms with Crippen molar-refractivity contribution in [2.24, 2.45) is 0 Å². The third-order valence-electron chi connectivity index (χ3n) is 14.0. The molecule has 6 aromatic carbocycles. The summed E-state index contributed by atoms with van der Waals surface area (Å²) in [5.74, 6) is -1.88. The van der Waals surface area contributed by atoms with Crippen LogP contribution in [0.25, 0.3) is 54.5 Å². The average molecular weight is 1660 g/mol. The molecule has 0 saturated heterocycles. The number of carbonyl (C=O) groups excluding carboxylic acids is 3. The number of hydrogen-bond donors (Lipinski definition) is 11. The van der Waals surface area contributed by atoms with E-state index in [4.69, 9.17) is 40.5 Å². The van der Waals surface area contributed by atoms with Gasteiger partial charge in [-0.1, -0.05) is 46.9 Å². The number of sulfonamides is 3. The first-order valence-corrected chi connectivity index (χ1v) is 37.3. The maximum atomic E-state index is 14.1. The molecule has 0 spiro atoms. The zero-order valence-electron chi connectivity index (χ0n) is 54.7. The number of nitrogens with zero attached hydrogens (tertiary/aromatic N) is 4. The third-order valence-corrected chi connectivity index (χ3v) is 23.1. The van der Waals surface area contributed by atoms with E-state index in [0.717, 1.165) is 65.9 Å². The molecule has 31 nitrogen and oxygen atoms in total. The Hall–Kier alpha value is -9.60. The Balaban J connectivity index is 0.000000186. The molecular weight excluding hydrogens is 1610 g/mol. The molecule has 12 aromatic rings. The van der Waals surface area contributed by atoms with Gasteiger partial charge in [0.2, 0.25) is 10.0 Å². The van der Waals surface area contributed by atoms with Gasteiger partial charge in [0.1, 0.15) is 30.1 Å². The summed E-state index contributed by atoms with van der Waals surface area (Å²) in [7, 11) is -7.62. The van der Waals surface area contributed by atoms with E-state index in [2.05, 4.69) is 51.0 Å². The summed E-state index contributed by atoms with van der Waals surface area (Å²) >= 11 is 19.4. The predicted molar refractivity (Wildman–Crippen MR) is 398 cm³/mol. The number of hydrogen-bond acceptors (Lipinski definition) is 23. The molecule has 44 heteroatoms.